The van der Waals surface area contributed by atoms with Crippen LogP contribution in [0.5, 0.6) is 5.88 Å². The fourth-order valence-electron chi connectivity index (χ4n) is 2.20. The first-order valence-corrected chi connectivity index (χ1v) is 7.56. The molecule has 0 saturated carbocycles. The SMILES string of the molecule is CN1CCN(C)C(CNCC(O)COc2cnsn2)C1. The quantitative estimate of drug-likeness (QED) is 0.677. The van der Waals surface area contributed by atoms with Crippen LogP contribution in [0.1, 0.15) is 0 Å². The van der Waals surface area contributed by atoms with Crippen molar-refractivity contribution in [2.24, 2.45) is 0 Å². The molecule has 1 aromatic rings. The van der Waals surface area contributed by atoms with Crippen molar-refractivity contribution >= 4 is 11.7 Å². The van der Waals surface area contributed by atoms with Crippen molar-refractivity contribution in [1.29, 1.82) is 0 Å². The first-order chi connectivity index (χ1) is 9.65. The predicted molar refractivity (Wildman–Crippen MR) is 78.2 cm³/mol. The van der Waals surface area contributed by atoms with Crippen LogP contribution in [-0.4, -0.2) is 89.2 Å². The lowest BCUT2D eigenvalue weighted by Crippen LogP contribution is -2.54. The minimum absolute atomic E-state index is 0.235. The third-order valence-electron chi connectivity index (χ3n) is 3.50. The zero-order chi connectivity index (χ0) is 14.4. The van der Waals surface area contributed by atoms with Crippen molar-refractivity contribution in [1.82, 2.24) is 23.9 Å². The van der Waals surface area contributed by atoms with Crippen LogP contribution in [-0.2, 0) is 0 Å². The van der Waals surface area contributed by atoms with E-state index in [1.807, 2.05) is 0 Å². The van der Waals surface area contributed by atoms with Gasteiger partial charge >= 0.3 is 0 Å². The highest BCUT2D eigenvalue weighted by atomic mass is 32.1. The lowest BCUT2D eigenvalue weighted by Gasteiger charge is -2.37. The molecule has 1 aliphatic rings. The van der Waals surface area contributed by atoms with E-state index in [1.165, 1.54) is 0 Å². The van der Waals surface area contributed by atoms with Gasteiger partial charge in [-0.05, 0) is 14.1 Å². The van der Waals surface area contributed by atoms with Crippen LogP contribution >= 0.6 is 11.7 Å². The molecule has 1 aromatic heterocycles. The largest absolute Gasteiger partial charge is 0.473 e. The van der Waals surface area contributed by atoms with E-state index >= 15 is 0 Å². The molecule has 0 radical (unpaired) electrons. The Balaban J connectivity index is 1.59. The van der Waals surface area contributed by atoms with Crippen molar-refractivity contribution in [3.05, 3.63) is 6.20 Å². The first-order valence-electron chi connectivity index (χ1n) is 6.83. The summed E-state index contributed by atoms with van der Waals surface area (Å²) in [6.07, 6.45) is 1.01. The van der Waals surface area contributed by atoms with Gasteiger partial charge in [0.2, 0.25) is 5.88 Å². The van der Waals surface area contributed by atoms with Crippen LogP contribution in [0.2, 0.25) is 0 Å². The summed E-state index contributed by atoms with van der Waals surface area (Å²) < 4.78 is 13.1. The van der Waals surface area contributed by atoms with Crippen LogP contribution in [0.4, 0.5) is 0 Å². The summed E-state index contributed by atoms with van der Waals surface area (Å²) in [5, 5.41) is 13.1. The molecular weight excluding hydrogens is 278 g/mol. The van der Waals surface area contributed by atoms with Crippen molar-refractivity contribution in [3.63, 3.8) is 0 Å². The Kier molecular flexibility index (Phi) is 6.11. The lowest BCUT2D eigenvalue weighted by atomic mass is 10.2. The Labute approximate surface area is 123 Å². The maximum atomic E-state index is 9.84. The number of aliphatic hydroxyl groups excluding tert-OH is 1. The Bertz CT molecular complexity index is 378. The zero-order valence-electron chi connectivity index (χ0n) is 12.0. The highest BCUT2D eigenvalue weighted by Gasteiger charge is 2.21. The molecule has 7 nitrogen and oxygen atoms in total. The average molecular weight is 301 g/mol. The molecule has 8 heteroatoms. The van der Waals surface area contributed by atoms with Gasteiger partial charge in [0.15, 0.2) is 0 Å². The van der Waals surface area contributed by atoms with Gasteiger partial charge in [-0.15, -0.1) is 4.37 Å². The fraction of sp³-hybridized carbons (Fsp3) is 0.833. The topological polar surface area (TPSA) is 73.8 Å². The monoisotopic (exact) mass is 301 g/mol. The van der Waals surface area contributed by atoms with Crippen LogP contribution in [0.25, 0.3) is 0 Å². The molecule has 0 aromatic carbocycles. The number of aliphatic hydroxyl groups is 1. The normalized spacial score (nSPS) is 22.9. The number of nitrogens with one attached hydrogen (secondary N) is 1. The number of aromatic nitrogens is 2. The fourth-order valence-corrected chi connectivity index (χ4v) is 2.56. The number of piperazine rings is 1. The van der Waals surface area contributed by atoms with E-state index in [1.54, 1.807) is 6.20 Å². The Hall–Kier alpha value is -0.800. The third-order valence-corrected chi connectivity index (χ3v) is 3.97. The molecule has 2 heterocycles. The van der Waals surface area contributed by atoms with E-state index in [0.29, 0.717) is 18.5 Å². The van der Waals surface area contributed by atoms with Crippen LogP contribution in [0, 0.1) is 0 Å². The molecule has 2 N–H and O–H groups in total. The highest BCUT2D eigenvalue weighted by Crippen LogP contribution is 2.06. The van der Waals surface area contributed by atoms with Crippen molar-refractivity contribution in [2.45, 2.75) is 12.1 Å². The number of ether oxygens (including phenoxy) is 1. The van der Waals surface area contributed by atoms with Gasteiger partial charge in [0.1, 0.15) is 18.9 Å². The van der Waals surface area contributed by atoms with Gasteiger partial charge in [-0.1, -0.05) is 0 Å². The maximum absolute atomic E-state index is 9.84. The van der Waals surface area contributed by atoms with Crippen molar-refractivity contribution in [2.75, 3.05) is 53.4 Å². The van der Waals surface area contributed by atoms with Gasteiger partial charge in [0.25, 0.3) is 0 Å². The second-order valence-electron chi connectivity index (χ2n) is 5.27. The van der Waals surface area contributed by atoms with E-state index < -0.39 is 6.10 Å². The van der Waals surface area contributed by atoms with Crippen LogP contribution in [0.3, 0.4) is 0 Å². The third kappa shape index (κ3) is 4.95. The minimum Gasteiger partial charge on any atom is -0.473 e. The molecule has 1 aliphatic heterocycles. The number of hydrogen-bond acceptors (Lipinski definition) is 8. The summed E-state index contributed by atoms with van der Waals surface area (Å²) in [7, 11) is 4.29. The number of nitrogens with zero attached hydrogens (tertiary/aromatic N) is 4. The van der Waals surface area contributed by atoms with Crippen LogP contribution < -0.4 is 10.1 Å². The summed E-state index contributed by atoms with van der Waals surface area (Å²) >= 11 is 1.10. The van der Waals surface area contributed by atoms with E-state index in [2.05, 4.69) is 38.0 Å². The number of likely N-dealkylation sites (N-methyl/N-ethyl adjacent to an activating group) is 2. The molecule has 0 aliphatic carbocycles. The first kappa shape index (κ1) is 15.6. The summed E-state index contributed by atoms with van der Waals surface area (Å²) in [5.41, 5.74) is 0. The van der Waals surface area contributed by atoms with Gasteiger partial charge in [-0.2, -0.15) is 4.37 Å². The molecule has 0 bridgehead atoms. The van der Waals surface area contributed by atoms with Gasteiger partial charge in [0, 0.05) is 38.8 Å². The molecule has 114 valence electrons. The van der Waals surface area contributed by atoms with Crippen LogP contribution in [0.15, 0.2) is 6.20 Å². The molecule has 2 rings (SSSR count). The van der Waals surface area contributed by atoms with Gasteiger partial charge < -0.3 is 20.1 Å². The van der Waals surface area contributed by atoms with Gasteiger partial charge in [-0.25, -0.2) is 0 Å². The van der Waals surface area contributed by atoms with E-state index in [-0.39, 0.29) is 6.61 Å². The smallest absolute Gasteiger partial charge is 0.245 e. The zero-order valence-corrected chi connectivity index (χ0v) is 12.8. The average Bonchev–Trinajstić information content (AvgIpc) is 2.93. The standard InChI is InChI=1S/C12H23N5O2S/c1-16-3-4-17(2)10(8-16)5-13-6-11(18)9-19-12-7-14-20-15-12/h7,10-11,13,18H,3-6,8-9H2,1-2H3. The molecule has 2 unspecified atom stereocenters. The second kappa shape index (κ2) is 7.84. The predicted octanol–water partition coefficient (Wildman–Crippen LogP) is -0.887. The maximum Gasteiger partial charge on any atom is 0.245 e. The molecule has 0 spiro atoms. The van der Waals surface area contributed by atoms with E-state index in [4.69, 9.17) is 4.74 Å². The summed E-state index contributed by atoms with van der Waals surface area (Å²) in [4.78, 5) is 4.69. The lowest BCUT2D eigenvalue weighted by molar-refractivity contribution is 0.0905. The molecular formula is C12H23N5O2S. The summed E-state index contributed by atoms with van der Waals surface area (Å²) in [6.45, 7) is 4.89. The molecule has 1 saturated heterocycles. The van der Waals surface area contributed by atoms with Crippen molar-refractivity contribution in [3.8, 4) is 5.88 Å². The Morgan fingerprint density at radius 2 is 2.40 bits per heavy atom. The summed E-state index contributed by atoms with van der Waals surface area (Å²) in [5.74, 6) is 0.475. The molecule has 20 heavy (non-hydrogen) atoms. The Morgan fingerprint density at radius 3 is 3.15 bits per heavy atom. The Morgan fingerprint density at radius 1 is 1.55 bits per heavy atom. The van der Waals surface area contributed by atoms with Gasteiger partial charge in [-0.3, -0.25) is 4.90 Å². The number of rotatable bonds is 7. The molecule has 1 fully saturated rings. The minimum atomic E-state index is -0.539. The molecule has 0 amide bonds. The van der Waals surface area contributed by atoms with Gasteiger partial charge in [0.05, 0.1) is 11.7 Å². The highest BCUT2D eigenvalue weighted by molar-refractivity contribution is 6.99. The number of hydrogen-bond donors (Lipinski definition) is 2. The second-order valence-corrected chi connectivity index (χ2v) is 5.82. The van der Waals surface area contributed by atoms with Crippen molar-refractivity contribution < 1.29 is 9.84 Å². The van der Waals surface area contributed by atoms with E-state index in [0.717, 1.165) is 37.9 Å². The molecule has 2 atom stereocenters. The van der Waals surface area contributed by atoms with E-state index in [9.17, 15) is 5.11 Å². The summed E-state index contributed by atoms with van der Waals surface area (Å²) in [6, 6.07) is 0.490.